The molecule has 21 heavy (non-hydrogen) atoms. The van der Waals surface area contributed by atoms with Gasteiger partial charge in [0.25, 0.3) is 0 Å². The standard InChI is InChI=1S/C12H16ClN3O3S.ClH/c13-10-2-1-3-11(8-10)20(18,19)16-6-4-15(5-7-16)12(17)9-14;/h1-3,8H,4-7,9,14H2;1H. The van der Waals surface area contributed by atoms with E-state index in [1.54, 1.807) is 17.0 Å². The lowest BCUT2D eigenvalue weighted by molar-refractivity contribution is -0.130. The molecule has 118 valence electrons. The molecular formula is C12H17Cl2N3O3S. The Balaban J connectivity index is 0.00000220. The van der Waals surface area contributed by atoms with E-state index >= 15 is 0 Å². The summed E-state index contributed by atoms with van der Waals surface area (Å²) in [5.41, 5.74) is 5.29. The molecule has 0 saturated carbocycles. The van der Waals surface area contributed by atoms with Crippen molar-refractivity contribution in [1.29, 1.82) is 0 Å². The fourth-order valence-corrected chi connectivity index (χ4v) is 3.81. The van der Waals surface area contributed by atoms with E-state index in [1.165, 1.54) is 16.4 Å². The molecule has 2 N–H and O–H groups in total. The van der Waals surface area contributed by atoms with Gasteiger partial charge in [0.15, 0.2) is 0 Å². The number of carbonyl (C=O) groups excluding carboxylic acids is 1. The fourth-order valence-electron chi connectivity index (χ4n) is 2.08. The van der Waals surface area contributed by atoms with Gasteiger partial charge in [0.1, 0.15) is 0 Å². The highest BCUT2D eigenvalue weighted by molar-refractivity contribution is 7.89. The second kappa shape index (κ2) is 7.42. The van der Waals surface area contributed by atoms with E-state index in [0.717, 1.165) is 0 Å². The number of rotatable bonds is 3. The lowest BCUT2D eigenvalue weighted by Gasteiger charge is -2.33. The molecule has 1 aliphatic heterocycles. The lowest BCUT2D eigenvalue weighted by atomic mass is 10.3. The number of hydrogen-bond donors (Lipinski definition) is 1. The second-order valence-electron chi connectivity index (χ2n) is 4.45. The first-order chi connectivity index (χ1) is 9.45. The summed E-state index contributed by atoms with van der Waals surface area (Å²) in [6, 6.07) is 6.16. The van der Waals surface area contributed by atoms with Crippen LogP contribution in [-0.4, -0.2) is 56.3 Å². The number of nitrogens with zero attached hydrogens (tertiary/aromatic N) is 2. The molecule has 1 heterocycles. The minimum absolute atomic E-state index is 0. The maximum Gasteiger partial charge on any atom is 0.243 e. The van der Waals surface area contributed by atoms with Crippen LogP contribution in [0.25, 0.3) is 0 Å². The van der Waals surface area contributed by atoms with E-state index in [0.29, 0.717) is 18.1 Å². The third-order valence-electron chi connectivity index (χ3n) is 3.20. The molecule has 0 unspecified atom stereocenters. The minimum atomic E-state index is -3.56. The van der Waals surface area contributed by atoms with Crippen LogP contribution >= 0.6 is 24.0 Å². The van der Waals surface area contributed by atoms with Crippen LogP contribution < -0.4 is 5.73 Å². The molecule has 0 aromatic heterocycles. The molecule has 1 aromatic rings. The fraction of sp³-hybridized carbons (Fsp3) is 0.417. The maximum atomic E-state index is 12.4. The van der Waals surface area contributed by atoms with Crippen LogP contribution in [0, 0.1) is 0 Å². The van der Waals surface area contributed by atoms with Gasteiger partial charge < -0.3 is 10.6 Å². The molecule has 0 bridgehead atoms. The van der Waals surface area contributed by atoms with E-state index in [-0.39, 0.29) is 42.8 Å². The monoisotopic (exact) mass is 353 g/mol. The van der Waals surface area contributed by atoms with Gasteiger partial charge in [0, 0.05) is 31.2 Å². The molecule has 6 nitrogen and oxygen atoms in total. The van der Waals surface area contributed by atoms with Crippen LogP contribution in [0.3, 0.4) is 0 Å². The van der Waals surface area contributed by atoms with Gasteiger partial charge in [0.2, 0.25) is 15.9 Å². The molecule has 1 aliphatic rings. The molecule has 0 aliphatic carbocycles. The lowest BCUT2D eigenvalue weighted by Crippen LogP contribution is -2.51. The van der Waals surface area contributed by atoms with Crippen LogP contribution in [0.15, 0.2) is 29.2 Å². The van der Waals surface area contributed by atoms with Crippen molar-refractivity contribution >= 4 is 39.9 Å². The first-order valence-electron chi connectivity index (χ1n) is 6.18. The van der Waals surface area contributed by atoms with Crippen molar-refractivity contribution in [3.8, 4) is 0 Å². The first kappa shape index (κ1) is 18.2. The summed E-state index contributed by atoms with van der Waals surface area (Å²) < 4.78 is 26.2. The van der Waals surface area contributed by atoms with Gasteiger partial charge in [0.05, 0.1) is 11.4 Å². The second-order valence-corrected chi connectivity index (χ2v) is 6.82. The van der Waals surface area contributed by atoms with Crippen LogP contribution in [-0.2, 0) is 14.8 Å². The zero-order chi connectivity index (χ0) is 14.8. The molecule has 0 radical (unpaired) electrons. The Labute approximate surface area is 135 Å². The zero-order valence-electron chi connectivity index (χ0n) is 11.2. The predicted octanol–water partition coefficient (Wildman–Crippen LogP) is 0.553. The molecule has 0 atom stereocenters. The van der Waals surface area contributed by atoms with Crippen molar-refractivity contribution in [2.75, 3.05) is 32.7 Å². The van der Waals surface area contributed by atoms with Gasteiger partial charge in [-0.05, 0) is 18.2 Å². The van der Waals surface area contributed by atoms with E-state index in [2.05, 4.69) is 0 Å². The van der Waals surface area contributed by atoms with Gasteiger partial charge >= 0.3 is 0 Å². The third kappa shape index (κ3) is 4.08. The summed E-state index contributed by atoms with van der Waals surface area (Å²) in [7, 11) is -3.56. The molecule has 0 spiro atoms. The molecule has 1 saturated heterocycles. The van der Waals surface area contributed by atoms with Crippen LogP contribution in [0.5, 0.6) is 0 Å². The first-order valence-corrected chi connectivity index (χ1v) is 8.00. The third-order valence-corrected chi connectivity index (χ3v) is 5.33. The SMILES string of the molecule is Cl.NCC(=O)N1CCN(S(=O)(=O)c2cccc(Cl)c2)CC1. The average Bonchev–Trinajstić information content (AvgIpc) is 2.46. The smallest absolute Gasteiger partial charge is 0.243 e. The van der Waals surface area contributed by atoms with Gasteiger partial charge in [-0.2, -0.15) is 4.31 Å². The number of halogens is 2. The van der Waals surface area contributed by atoms with Gasteiger partial charge in [-0.1, -0.05) is 17.7 Å². The van der Waals surface area contributed by atoms with Crippen molar-refractivity contribution in [3.63, 3.8) is 0 Å². The average molecular weight is 354 g/mol. The van der Waals surface area contributed by atoms with Crippen molar-refractivity contribution < 1.29 is 13.2 Å². The van der Waals surface area contributed by atoms with Gasteiger partial charge in [-0.15, -0.1) is 12.4 Å². The summed E-state index contributed by atoms with van der Waals surface area (Å²) in [6.07, 6.45) is 0. The highest BCUT2D eigenvalue weighted by Gasteiger charge is 2.29. The minimum Gasteiger partial charge on any atom is -0.339 e. The number of nitrogens with two attached hydrogens (primary N) is 1. The number of sulfonamides is 1. The van der Waals surface area contributed by atoms with E-state index in [1.807, 2.05) is 0 Å². The predicted molar refractivity (Wildman–Crippen MR) is 83.1 cm³/mol. The number of carbonyl (C=O) groups is 1. The summed E-state index contributed by atoms with van der Waals surface area (Å²) >= 11 is 5.82. The highest BCUT2D eigenvalue weighted by atomic mass is 35.5. The Bertz CT molecular complexity index is 602. The van der Waals surface area contributed by atoms with Crippen molar-refractivity contribution in [3.05, 3.63) is 29.3 Å². The molecule has 9 heteroatoms. The quantitative estimate of drug-likeness (QED) is 0.860. The normalized spacial score (nSPS) is 16.4. The Morgan fingerprint density at radius 2 is 1.86 bits per heavy atom. The summed E-state index contributed by atoms with van der Waals surface area (Å²) in [5.74, 6) is -0.162. The largest absolute Gasteiger partial charge is 0.339 e. The zero-order valence-corrected chi connectivity index (χ0v) is 13.6. The van der Waals surface area contributed by atoms with Crippen LogP contribution in [0.4, 0.5) is 0 Å². The maximum absolute atomic E-state index is 12.4. The number of piperazine rings is 1. The molecule has 1 fully saturated rings. The number of benzene rings is 1. The summed E-state index contributed by atoms with van der Waals surface area (Å²) in [4.78, 5) is 13.2. The Morgan fingerprint density at radius 1 is 1.24 bits per heavy atom. The number of hydrogen-bond acceptors (Lipinski definition) is 4. The van der Waals surface area contributed by atoms with Crippen LogP contribution in [0.2, 0.25) is 5.02 Å². The number of amides is 1. The molecular weight excluding hydrogens is 337 g/mol. The Kier molecular flexibility index (Phi) is 6.42. The highest BCUT2D eigenvalue weighted by Crippen LogP contribution is 2.20. The van der Waals surface area contributed by atoms with E-state index < -0.39 is 10.0 Å². The van der Waals surface area contributed by atoms with E-state index in [9.17, 15) is 13.2 Å². The summed E-state index contributed by atoms with van der Waals surface area (Å²) in [5, 5.41) is 0.378. The molecule has 1 amide bonds. The summed E-state index contributed by atoms with van der Waals surface area (Å²) in [6.45, 7) is 1.19. The Morgan fingerprint density at radius 3 is 2.38 bits per heavy atom. The topological polar surface area (TPSA) is 83.7 Å². The molecule has 2 rings (SSSR count). The van der Waals surface area contributed by atoms with Crippen molar-refractivity contribution in [1.82, 2.24) is 9.21 Å². The van der Waals surface area contributed by atoms with Crippen molar-refractivity contribution in [2.45, 2.75) is 4.90 Å². The van der Waals surface area contributed by atoms with Crippen LogP contribution in [0.1, 0.15) is 0 Å². The van der Waals surface area contributed by atoms with Gasteiger partial charge in [-0.3, -0.25) is 4.79 Å². The Hall–Kier alpha value is -0.860. The van der Waals surface area contributed by atoms with E-state index in [4.69, 9.17) is 17.3 Å². The van der Waals surface area contributed by atoms with Gasteiger partial charge in [-0.25, -0.2) is 8.42 Å². The van der Waals surface area contributed by atoms with Crippen molar-refractivity contribution in [2.24, 2.45) is 5.73 Å². The molecule has 1 aromatic carbocycles.